The fourth-order valence-electron chi connectivity index (χ4n) is 5.17. The highest BCUT2D eigenvalue weighted by Gasteiger charge is 2.29. The summed E-state index contributed by atoms with van der Waals surface area (Å²) in [5.41, 5.74) is 3.18. The first kappa shape index (κ1) is 25.6. The van der Waals surface area contributed by atoms with Gasteiger partial charge in [0.05, 0.1) is 31.3 Å². The Balaban J connectivity index is 1.56. The van der Waals surface area contributed by atoms with E-state index < -0.39 is 0 Å². The smallest absolute Gasteiger partial charge is 0.243 e. The third-order valence-electron chi connectivity index (χ3n) is 7.36. The SMILES string of the molecule is COCCN(CCOC)c1nc(O)c2nc(C3CCc4[nH]cnc4C3)nc(N3CCC(OC)CC3)c2n1. The van der Waals surface area contributed by atoms with Gasteiger partial charge in [-0.15, -0.1) is 0 Å². The van der Waals surface area contributed by atoms with Crippen molar-refractivity contribution in [3.63, 3.8) is 0 Å². The number of nitrogens with one attached hydrogen (secondary N) is 1. The molecule has 1 atom stereocenters. The van der Waals surface area contributed by atoms with E-state index in [0.717, 1.165) is 56.7 Å². The molecule has 2 N–H and O–H groups in total. The highest BCUT2D eigenvalue weighted by Crippen LogP contribution is 2.35. The Hall–Kier alpha value is -3.09. The third kappa shape index (κ3) is 5.46. The molecule has 1 aliphatic heterocycles. The zero-order valence-corrected chi connectivity index (χ0v) is 21.8. The molecule has 0 amide bonds. The van der Waals surface area contributed by atoms with Crippen molar-refractivity contribution in [1.82, 2.24) is 29.9 Å². The van der Waals surface area contributed by atoms with E-state index in [2.05, 4.69) is 19.9 Å². The fraction of sp³-hybridized carbons (Fsp3) is 0.640. The maximum absolute atomic E-state index is 11.1. The van der Waals surface area contributed by atoms with E-state index in [1.165, 1.54) is 5.69 Å². The molecule has 12 nitrogen and oxygen atoms in total. The largest absolute Gasteiger partial charge is 0.492 e. The van der Waals surface area contributed by atoms with Crippen LogP contribution in [0.1, 0.15) is 42.4 Å². The number of H-pyrrole nitrogens is 1. The van der Waals surface area contributed by atoms with Gasteiger partial charge in [0.2, 0.25) is 11.8 Å². The van der Waals surface area contributed by atoms with Crippen molar-refractivity contribution in [3.8, 4) is 5.88 Å². The summed E-state index contributed by atoms with van der Waals surface area (Å²) in [7, 11) is 5.07. The molecule has 0 aromatic carbocycles. The molecule has 4 heterocycles. The molecule has 1 fully saturated rings. The molecule has 2 aliphatic rings. The normalized spacial score (nSPS) is 18.4. The number of nitrogens with zero attached hydrogens (tertiary/aromatic N) is 7. The lowest BCUT2D eigenvalue weighted by molar-refractivity contribution is 0.0818. The van der Waals surface area contributed by atoms with Gasteiger partial charge in [0.15, 0.2) is 11.3 Å². The molecule has 37 heavy (non-hydrogen) atoms. The van der Waals surface area contributed by atoms with Crippen LogP contribution in [0.4, 0.5) is 11.8 Å². The molecular weight excluding hydrogens is 476 g/mol. The monoisotopic (exact) mass is 512 g/mol. The summed E-state index contributed by atoms with van der Waals surface area (Å²) < 4.78 is 16.1. The molecule has 12 heteroatoms. The van der Waals surface area contributed by atoms with Crippen LogP contribution >= 0.6 is 0 Å². The minimum absolute atomic E-state index is 0.106. The average Bonchev–Trinajstić information content (AvgIpc) is 3.41. The van der Waals surface area contributed by atoms with Crippen LogP contribution in [0.2, 0.25) is 0 Å². The number of imidazole rings is 1. The number of hydrogen-bond acceptors (Lipinski definition) is 11. The Labute approximate surface area is 216 Å². The van der Waals surface area contributed by atoms with Crippen LogP contribution in [-0.4, -0.2) is 102 Å². The Morgan fingerprint density at radius 1 is 1.00 bits per heavy atom. The van der Waals surface area contributed by atoms with Crippen LogP contribution in [0, 0.1) is 0 Å². The molecule has 0 bridgehead atoms. The van der Waals surface area contributed by atoms with Gasteiger partial charge in [0.1, 0.15) is 11.3 Å². The lowest BCUT2D eigenvalue weighted by Crippen LogP contribution is -2.37. The molecule has 1 unspecified atom stereocenters. The number of hydrogen-bond donors (Lipinski definition) is 2. The van der Waals surface area contributed by atoms with Crippen molar-refractivity contribution in [2.75, 3.05) is 70.5 Å². The van der Waals surface area contributed by atoms with Gasteiger partial charge in [0.25, 0.3) is 0 Å². The summed E-state index contributed by atoms with van der Waals surface area (Å²) >= 11 is 0. The predicted octanol–water partition coefficient (Wildman–Crippen LogP) is 1.84. The number of fused-ring (bicyclic) bond motifs is 2. The van der Waals surface area contributed by atoms with Crippen LogP contribution < -0.4 is 9.80 Å². The second-order valence-electron chi connectivity index (χ2n) is 9.61. The number of aromatic hydroxyl groups is 1. The first-order valence-electron chi connectivity index (χ1n) is 12.9. The minimum Gasteiger partial charge on any atom is -0.492 e. The van der Waals surface area contributed by atoms with Crippen molar-refractivity contribution in [1.29, 1.82) is 0 Å². The van der Waals surface area contributed by atoms with Crippen molar-refractivity contribution < 1.29 is 19.3 Å². The number of rotatable bonds is 10. The predicted molar refractivity (Wildman–Crippen MR) is 138 cm³/mol. The number of ether oxygens (including phenoxy) is 3. The summed E-state index contributed by atoms with van der Waals surface area (Å²) in [4.78, 5) is 31.2. The summed E-state index contributed by atoms with van der Waals surface area (Å²) in [5, 5.41) is 11.1. The van der Waals surface area contributed by atoms with E-state index in [1.807, 2.05) is 4.90 Å². The Morgan fingerprint density at radius 3 is 2.46 bits per heavy atom. The van der Waals surface area contributed by atoms with E-state index in [0.29, 0.717) is 49.1 Å². The van der Waals surface area contributed by atoms with Crippen LogP contribution in [0.25, 0.3) is 11.0 Å². The topological polar surface area (TPSA) is 135 Å². The molecule has 0 saturated carbocycles. The third-order valence-corrected chi connectivity index (χ3v) is 7.36. The summed E-state index contributed by atoms with van der Waals surface area (Å²) in [5.74, 6) is 1.80. The molecular formula is C25H36N8O4. The van der Waals surface area contributed by atoms with E-state index in [4.69, 9.17) is 29.2 Å². The number of aromatic amines is 1. The van der Waals surface area contributed by atoms with E-state index in [1.54, 1.807) is 27.7 Å². The van der Waals surface area contributed by atoms with Crippen LogP contribution in [0.3, 0.4) is 0 Å². The van der Waals surface area contributed by atoms with Crippen LogP contribution in [0.15, 0.2) is 6.33 Å². The molecule has 200 valence electrons. The molecule has 0 spiro atoms. The maximum atomic E-state index is 11.1. The quantitative estimate of drug-likeness (QED) is 0.412. The Bertz CT molecular complexity index is 1190. The first-order chi connectivity index (χ1) is 18.1. The molecule has 5 rings (SSSR count). The molecule has 3 aromatic heterocycles. The van der Waals surface area contributed by atoms with Crippen molar-refractivity contribution >= 4 is 22.8 Å². The second-order valence-corrected chi connectivity index (χ2v) is 9.61. The fourth-order valence-corrected chi connectivity index (χ4v) is 5.17. The van der Waals surface area contributed by atoms with Gasteiger partial charge < -0.3 is 34.1 Å². The maximum Gasteiger partial charge on any atom is 0.243 e. The van der Waals surface area contributed by atoms with Gasteiger partial charge in [-0.25, -0.2) is 19.9 Å². The molecule has 1 saturated heterocycles. The van der Waals surface area contributed by atoms with E-state index in [-0.39, 0.29) is 17.9 Å². The van der Waals surface area contributed by atoms with E-state index in [9.17, 15) is 5.11 Å². The van der Waals surface area contributed by atoms with Crippen molar-refractivity contribution in [2.45, 2.75) is 44.1 Å². The standard InChI is InChI=1S/C25H36N8O4/c1-35-12-10-33(11-13-36-2)25-29-20-21(24(34)31-25)28-22(16-4-5-18-19(14-16)27-15-26-18)30-23(20)32-8-6-17(37-3)7-9-32/h15-17H,4-14H2,1-3H3,(H,26,27)(H,29,31,34). The molecule has 1 aliphatic carbocycles. The summed E-state index contributed by atoms with van der Waals surface area (Å²) in [6.45, 7) is 3.69. The lowest BCUT2D eigenvalue weighted by Gasteiger charge is -2.33. The number of anilines is 2. The molecule has 3 aromatic rings. The second kappa shape index (κ2) is 11.5. The molecule has 0 radical (unpaired) electrons. The number of piperidine rings is 1. The van der Waals surface area contributed by atoms with Crippen LogP contribution in [0.5, 0.6) is 5.88 Å². The number of methoxy groups -OCH3 is 3. The van der Waals surface area contributed by atoms with Gasteiger partial charge in [-0.2, -0.15) is 4.98 Å². The summed E-state index contributed by atoms with van der Waals surface area (Å²) in [6, 6.07) is 0. The van der Waals surface area contributed by atoms with Crippen LogP contribution in [-0.2, 0) is 27.1 Å². The highest BCUT2D eigenvalue weighted by atomic mass is 16.5. The van der Waals surface area contributed by atoms with Gasteiger partial charge in [-0.3, -0.25) is 0 Å². The number of aryl methyl sites for hydroxylation is 1. The number of aromatic nitrogens is 6. The van der Waals surface area contributed by atoms with E-state index >= 15 is 0 Å². The van der Waals surface area contributed by atoms with Gasteiger partial charge in [-0.05, 0) is 25.7 Å². The van der Waals surface area contributed by atoms with Gasteiger partial charge in [-0.1, -0.05) is 0 Å². The zero-order chi connectivity index (χ0) is 25.8. The zero-order valence-electron chi connectivity index (χ0n) is 21.8. The Morgan fingerprint density at radius 2 is 1.76 bits per heavy atom. The Kier molecular flexibility index (Phi) is 7.96. The lowest BCUT2D eigenvalue weighted by atomic mass is 9.89. The van der Waals surface area contributed by atoms with Crippen molar-refractivity contribution in [3.05, 3.63) is 23.5 Å². The minimum atomic E-state index is -0.146. The van der Waals surface area contributed by atoms with Gasteiger partial charge in [0, 0.05) is 65.5 Å². The van der Waals surface area contributed by atoms with Gasteiger partial charge >= 0.3 is 0 Å². The highest BCUT2D eigenvalue weighted by molar-refractivity contribution is 5.89. The van der Waals surface area contributed by atoms with Crippen molar-refractivity contribution in [2.24, 2.45) is 0 Å². The average molecular weight is 513 g/mol. The summed E-state index contributed by atoms with van der Waals surface area (Å²) in [6.07, 6.45) is 6.34. The first-order valence-corrected chi connectivity index (χ1v) is 12.9.